The number of rotatable bonds is 5. The van der Waals surface area contributed by atoms with Crippen LogP contribution in [0.4, 0.5) is 0 Å². The predicted octanol–water partition coefficient (Wildman–Crippen LogP) is 3.56. The maximum atomic E-state index is 12.4. The summed E-state index contributed by atoms with van der Waals surface area (Å²) in [5.41, 5.74) is 0. The van der Waals surface area contributed by atoms with Crippen LogP contribution in [-0.4, -0.2) is 39.6 Å². The monoisotopic (exact) mass is 347 g/mol. The number of hydrogen-bond acceptors (Lipinski definition) is 3. The number of piperidine rings is 1. The summed E-state index contributed by atoms with van der Waals surface area (Å²) in [4.78, 5) is 18.4. The SMILES string of the molecule is CC(CC(=O)N1CCC(Oc2ccc(Cl)cc2)CC1)n1ccnc1. The third-order valence-electron chi connectivity index (χ3n) is 4.41. The lowest BCUT2D eigenvalue weighted by Gasteiger charge is -2.33. The van der Waals surface area contributed by atoms with E-state index in [1.54, 1.807) is 12.5 Å². The predicted molar refractivity (Wildman–Crippen MR) is 93.2 cm³/mol. The molecule has 1 aliphatic heterocycles. The van der Waals surface area contributed by atoms with Crippen LogP contribution < -0.4 is 4.74 Å². The van der Waals surface area contributed by atoms with Gasteiger partial charge in [-0.2, -0.15) is 0 Å². The molecule has 0 saturated carbocycles. The lowest BCUT2D eigenvalue weighted by Crippen LogP contribution is -2.42. The van der Waals surface area contributed by atoms with Gasteiger partial charge in [0, 0.05) is 55.8 Å². The zero-order chi connectivity index (χ0) is 16.9. The number of aromatic nitrogens is 2. The maximum absolute atomic E-state index is 12.4. The summed E-state index contributed by atoms with van der Waals surface area (Å²) in [6.45, 7) is 3.53. The van der Waals surface area contributed by atoms with Gasteiger partial charge < -0.3 is 14.2 Å². The van der Waals surface area contributed by atoms with Crippen LogP contribution in [0.3, 0.4) is 0 Å². The highest BCUT2D eigenvalue weighted by atomic mass is 35.5. The molecule has 5 nitrogen and oxygen atoms in total. The number of halogens is 1. The van der Waals surface area contributed by atoms with Crippen molar-refractivity contribution in [1.29, 1.82) is 0 Å². The van der Waals surface area contributed by atoms with Gasteiger partial charge >= 0.3 is 0 Å². The number of likely N-dealkylation sites (tertiary alicyclic amines) is 1. The van der Waals surface area contributed by atoms with Crippen molar-refractivity contribution in [3.8, 4) is 5.75 Å². The third kappa shape index (κ3) is 4.29. The van der Waals surface area contributed by atoms with Gasteiger partial charge in [0.1, 0.15) is 11.9 Å². The number of hydrogen-bond donors (Lipinski definition) is 0. The van der Waals surface area contributed by atoms with E-state index in [0.29, 0.717) is 11.4 Å². The van der Waals surface area contributed by atoms with Gasteiger partial charge in [-0.1, -0.05) is 11.6 Å². The molecular formula is C18H22ClN3O2. The Labute approximate surface area is 147 Å². The fraction of sp³-hybridized carbons (Fsp3) is 0.444. The van der Waals surface area contributed by atoms with Gasteiger partial charge in [0.25, 0.3) is 0 Å². The fourth-order valence-electron chi connectivity index (χ4n) is 2.95. The summed E-state index contributed by atoms with van der Waals surface area (Å²) in [6, 6.07) is 7.54. The Hall–Kier alpha value is -2.01. The maximum Gasteiger partial charge on any atom is 0.224 e. The van der Waals surface area contributed by atoms with Gasteiger partial charge in [-0.3, -0.25) is 4.79 Å². The third-order valence-corrected chi connectivity index (χ3v) is 4.67. The Bertz CT molecular complexity index is 649. The van der Waals surface area contributed by atoms with E-state index in [-0.39, 0.29) is 18.1 Å². The molecule has 1 aliphatic rings. The molecule has 0 aliphatic carbocycles. The summed E-state index contributed by atoms with van der Waals surface area (Å²) in [5, 5.41) is 0.703. The van der Waals surface area contributed by atoms with Gasteiger partial charge in [0.05, 0.1) is 6.33 Å². The summed E-state index contributed by atoms with van der Waals surface area (Å²) < 4.78 is 7.94. The molecule has 24 heavy (non-hydrogen) atoms. The second-order valence-corrected chi connectivity index (χ2v) is 6.65. The highest BCUT2D eigenvalue weighted by molar-refractivity contribution is 6.30. The van der Waals surface area contributed by atoms with Crippen molar-refractivity contribution >= 4 is 17.5 Å². The summed E-state index contributed by atoms with van der Waals surface area (Å²) >= 11 is 5.88. The summed E-state index contributed by atoms with van der Waals surface area (Å²) in [5.74, 6) is 1.03. The van der Waals surface area contributed by atoms with Crippen LogP contribution in [0, 0.1) is 0 Å². The lowest BCUT2D eigenvalue weighted by molar-refractivity contribution is -0.133. The van der Waals surface area contributed by atoms with E-state index in [2.05, 4.69) is 4.98 Å². The van der Waals surface area contributed by atoms with Crippen LogP contribution >= 0.6 is 11.6 Å². The second kappa shape index (κ2) is 7.71. The van der Waals surface area contributed by atoms with Crippen molar-refractivity contribution in [3.05, 3.63) is 48.0 Å². The molecule has 1 aromatic heterocycles. The quantitative estimate of drug-likeness (QED) is 0.830. The molecule has 1 saturated heterocycles. The molecule has 2 aromatic rings. The van der Waals surface area contributed by atoms with Crippen molar-refractivity contribution in [1.82, 2.24) is 14.5 Å². The molecule has 6 heteroatoms. The Morgan fingerprint density at radius 1 is 1.33 bits per heavy atom. The molecule has 128 valence electrons. The highest BCUT2D eigenvalue weighted by Gasteiger charge is 2.25. The molecule has 1 unspecified atom stereocenters. The summed E-state index contributed by atoms with van der Waals surface area (Å²) in [6.07, 6.45) is 7.75. The molecule has 3 rings (SSSR count). The molecule has 2 heterocycles. The molecule has 0 N–H and O–H groups in total. The first-order valence-corrected chi connectivity index (χ1v) is 8.67. The number of benzene rings is 1. The standard InChI is InChI=1S/C18H22ClN3O2/c1-14(22-11-8-20-13-22)12-18(23)21-9-6-17(7-10-21)24-16-4-2-15(19)3-5-16/h2-5,8,11,13-14,17H,6-7,9-10,12H2,1H3. The normalized spacial score (nSPS) is 16.8. The van der Waals surface area contributed by atoms with Crippen LogP contribution in [0.5, 0.6) is 5.75 Å². The van der Waals surface area contributed by atoms with Crippen molar-refractivity contribution in [2.24, 2.45) is 0 Å². The Kier molecular flexibility index (Phi) is 5.41. The fourth-order valence-corrected chi connectivity index (χ4v) is 3.07. The molecule has 1 aromatic carbocycles. The second-order valence-electron chi connectivity index (χ2n) is 6.21. The average Bonchev–Trinajstić information content (AvgIpc) is 3.12. The molecule has 1 atom stereocenters. The molecule has 0 radical (unpaired) electrons. The first kappa shape index (κ1) is 16.8. The number of imidazole rings is 1. The van der Waals surface area contributed by atoms with Crippen molar-refractivity contribution in [3.63, 3.8) is 0 Å². The number of nitrogens with zero attached hydrogens (tertiary/aromatic N) is 3. The smallest absolute Gasteiger partial charge is 0.224 e. The van der Waals surface area contributed by atoms with Gasteiger partial charge in [-0.15, -0.1) is 0 Å². The largest absolute Gasteiger partial charge is 0.490 e. The zero-order valence-corrected chi connectivity index (χ0v) is 14.5. The van der Waals surface area contributed by atoms with E-state index in [0.717, 1.165) is 31.7 Å². The Morgan fingerprint density at radius 2 is 2.04 bits per heavy atom. The average molecular weight is 348 g/mol. The van der Waals surface area contributed by atoms with E-state index in [1.807, 2.05) is 46.9 Å². The molecular weight excluding hydrogens is 326 g/mol. The zero-order valence-electron chi connectivity index (χ0n) is 13.8. The number of amides is 1. The van der Waals surface area contributed by atoms with Crippen molar-refractivity contribution in [2.45, 2.75) is 38.3 Å². The number of carbonyl (C=O) groups is 1. The lowest BCUT2D eigenvalue weighted by atomic mass is 10.1. The topological polar surface area (TPSA) is 47.4 Å². The highest BCUT2D eigenvalue weighted by Crippen LogP contribution is 2.22. The van der Waals surface area contributed by atoms with E-state index >= 15 is 0 Å². The van der Waals surface area contributed by atoms with Gasteiger partial charge in [0.15, 0.2) is 0 Å². The molecule has 0 spiro atoms. The summed E-state index contributed by atoms with van der Waals surface area (Å²) in [7, 11) is 0. The van der Waals surface area contributed by atoms with Crippen LogP contribution in [0.25, 0.3) is 0 Å². The van der Waals surface area contributed by atoms with Gasteiger partial charge in [-0.25, -0.2) is 4.98 Å². The minimum atomic E-state index is 0.128. The first-order chi connectivity index (χ1) is 11.6. The molecule has 1 amide bonds. The van der Waals surface area contributed by atoms with Crippen molar-refractivity contribution < 1.29 is 9.53 Å². The molecule has 1 fully saturated rings. The Balaban J connectivity index is 1.46. The molecule has 0 bridgehead atoms. The minimum Gasteiger partial charge on any atom is -0.490 e. The van der Waals surface area contributed by atoms with E-state index < -0.39 is 0 Å². The number of ether oxygens (including phenoxy) is 1. The van der Waals surface area contributed by atoms with Crippen LogP contribution in [-0.2, 0) is 4.79 Å². The van der Waals surface area contributed by atoms with E-state index in [1.165, 1.54) is 0 Å². The van der Waals surface area contributed by atoms with Crippen LogP contribution in [0.2, 0.25) is 5.02 Å². The van der Waals surface area contributed by atoms with Crippen molar-refractivity contribution in [2.75, 3.05) is 13.1 Å². The number of carbonyl (C=O) groups excluding carboxylic acids is 1. The van der Waals surface area contributed by atoms with E-state index in [4.69, 9.17) is 16.3 Å². The Morgan fingerprint density at radius 3 is 2.67 bits per heavy atom. The first-order valence-electron chi connectivity index (χ1n) is 8.29. The minimum absolute atomic E-state index is 0.128. The van der Waals surface area contributed by atoms with Gasteiger partial charge in [0.2, 0.25) is 5.91 Å². The van der Waals surface area contributed by atoms with E-state index in [9.17, 15) is 4.79 Å². The van der Waals surface area contributed by atoms with Crippen LogP contribution in [0.1, 0.15) is 32.2 Å². The van der Waals surface area contributed by atoms with Gasteiger partial charge in [-0.05, 0) is 31.2 Å². The van der Waals surface area contributed by atoms with Crippen LogP contribution in [0.15, 0.2) is 43.0 Å².